The lowest BCUT2D eigenvalue weighted by Gasteiger charge is -2.40. The van der Waals surface area contributed by atoms with E-state index in [9.17, 15) is 4.79 Å². The van der Waals surface area contributed by atoms with E-state index in [0.29, 0.717) is 18.3 Å². The Labute approximate surface area is 152 Å². The van der Waals surface area contributed by atoms with Crippen LogP contribution in [0.1, 0.15) is 37.9 Å². The normalized spacial score (nSPS) is 27.9. The number of guanidine groups is 1. The standard InChI is InChI=1S/C20H22N4O2/c1-4-5-12-6-7-17-14(8-12)16(23-26-17)10-13-9-15(13)20(2)11-18(25)24(3)19(21)22-20/h6-8,13,15H,9-11H2,1-3H3,(H2,21,22)/t13-,15-,20+/m1/s1. The van der Waals surface area contributed by atoms with Crippen molar-refractivity contribution in [3.63, 3.8) is 0 Å². The number of hydrogen-bond acceptors (Lipinski definition) is 4. The summed E-state index contributed by atoms with van der Waals surface area (Å²) in [6.45, 7) is 3.87. The molecule has 1 amide bonds. The van der Waals surface area contributed by atoms with Crippen LogP contribution in [0, 0.1) is 29.1 Å². The first kappa shape index (κ1) is 16.6. The maximum Gasteiger partial charge on any atom is 0.231 e. The molecule has 26 heavy (non-hydrogen) atoms. The average Bonchev–Trinajstić information content (AvgIpc) is 3.27. The fourth-order valence-corrected chi connectivity index (χ4v) is 4.04. The second-order valence-electron chi connectivity index (χ2n) is 7.54. The van der Waals surface area contributed by atoms with Crippen LogP contribution in [0.2, 0.25) is 0 Å². The van der Waals surface area contributed by atoms with Crippen molar-refractivity contribution in [2.45, 2.75) is 38.6 Å². The van der Waals surface area contributed by atoms with Crippen LogP contribution in [0.4, 0.5) is 0 Å². The van der Waals surface area contributed by atoms with Gasteiger partial charge in [0.2, 0.25) is 5.91 Å². The third-order valence-corrected chi connectivity index (χ3v) is 5.64. The average molecular weight is 350 g/mol. The fraction of sp³-hybridized carbons (Fsp3) is 0.450. The number of fused-ring (bicyclic) bond motifs is 1. The van der Waals surface area contributed by atoms with Crippen molar-refractivity contribution in [2.24, 2.45) is 11.8 Å². The molecule has 1 saturated carbocycles. The number of amides is 1. The highest BCUT2D eigenvalue weighted by Gasteiger charge is 2.53. The Morgan fingerprint density at radius 3 is 3.04 bits per heavy atom. The molecular formula is C20H22N4O2. The minimum Gasteiger partial charge on any atom is -0.356 e. The van der Waals surface area contributed by atoms with Crippen LogP contribution in [0.5, 0.6) is 0 Å². The first-order chi connectivity index (χ1) is 12.4. The zero-order chi connectivity index (χ0) is 18.5. The van der Waals surface area contributed by atoms with Crippen molar-refractivity contribution in [3.8, 4) is 11.8 Å². The molecule has 2 aliphatic rings. The third-order valence-electron chi connectivity index (χ3n) is 5.64. The number of benzene rings is 1. The smallest absolute Gasteiger partial charge is 0.231 e. The fourth-order valence-electron chi connectivity index (χ4n) is 4.04. The number of carbonyl (C=O) groups excluding carboxylic acids is 1. The molecule has 0 unspecified atom stereocenters. The summed E-state index contributed by atoms with van der Waals surface area (Å²) in [6, 6.07) is 5.88. The van der Waals surface area contributed by atoms with E-state index in [1.807, 2.05) is 32.0 Å². The molecule has 0 bridgehead atoms. The second-order valence-corrected chi connectivity index (χ2v) is 7.54. The lowest BCUT2D eigenvalue weighted by molar-refractivity contribution is -0.129. The van der Waals surface area contributed by atoms with Gasteiger partial charge in [0.15, 0.2) is 11.5 Å². The Morgan fingerprint density at radius 2 is 2.31 bits per heavy atom. The summed E-state index contributed by atoms with van der Waals surface area (Å²) in [5.41, 5.74) is 2.33. The molecule has 6 heteroatoms. The van der Waals surface area contributed by atoms with Crippen LogP contribution in [0.25, 0.3) is 11.0 Å². The lowest BCUT2D eigenvalue weighted by Crippen LogP contribution is -2.61. The van der Waals surface area contributed by atoms with Gasteiger partial charge >= 0.3 is 0 Å². The number of aromatic nitrogens is 1. The number of carbonyl (C=O) groups is 1. The van der Waals surface area contributed by atoms with Crippen molar-refractivity contribution >= 4 is 22.8 Å². The van der Waals surface area contributed by atoms with E-state index in [1.165, 1.54) is 4.90 Å². The number of nitrogens with one attached hydrogen (secondary N) is 2. The van der Waals surface area contributed by atoms with Gasteiger partial charge in [-0.3, -0.25) is 15.1 Å². The first-order valence-corrected chi connectivity index (χ1v) is 8.85. The predicted molar refractivity (Wildman–Crippen MR) is 98.5 cm³/mol. The highest BCUT2D eigenvalue weighted by Crippen LogP contribution is 2.50. The van der Waals surface area contributed by atoms with Crippen molar-refractivity contribution in [2.75, 3.05) is 7.05 Å². The van der Waals surface area contributed by atoms with Crippen molar-refractivity contribution in [1.82, 2.24) is 15.4 Å². The number of rotatable bonds is 3. The Hall–Kier alpha value is -2.81. The Bertz CT molecular complexity index is 947. The lowest BCUT2D eigenvalue weighted by atomic mass is 9.87. The minimum atomic E-state index is -0.357. The van der Waals surface area contributed by atoms with Gasteiger partial charge in [-0.25, -0.2) is 0 Å². The molecule has 0 spiro atoms. The quantitative estimate of drug-likeness (QED) is 0.834. The Balaban J connectivity index is 1.52. The molecule has 2 aromatic rings. The van der Waals surface area contributed by atoms with E-state index in [2.05, 4.69) is 22.3 Å². The predicted octanol–water partition coefficient (Wildman–Crippen LogP) is 2.52. The van der Waals surface area contributed by atoms with E-state index < -0.39 is 0 Å². The summed E-state index contributed by atoms with van der Waals surface area (Å²) in [7, 11) is 1.64. The maximum absolute atomic E-state index is 12.2. The molecule has 6 nitrogen and oxygen atoms in total. The Morgan fingerprint density at radius 1 is 1.50 bits per heavy atom. The summed E-state index contributed by atoms with van der Waals surface area (Å²) < 4.78 is 5.46. The van der Waals surface area contributed by atoms with Crippen molar-refractivity contribution in [1.29, 1.82) is 5.41 Å². The van der Waals surface area contributed by atoms with Gasteiger partial charge in [-0.05, 0) is 56.7 Å². The third kappa shape index (κ3) is 2.74. The summed E-state index contributed by atoms with van der Waals surface area (Å²) in [6.07, 6.45) is 2.26. The maximum atomic E-state index is 12.2. The SMILES string of the molecule is CC#Cc1ccc2onc(C[C@H]3C[C@H]3[C@]3(C)CC(=O)N(C)C(=N)N3)c2c1. The van der Waals surface area contributed by atoms with Gasteiger partial charge in [-0.15, -0.1) is 5.92 Å². The van der Waals surface area contributed by atoms with Gasteiger partial charge in [0, 0.05) is 23.5 Å². The molecule has 4 rings (SSSR count). The highest BCUT2D eigenvalue weighted by molar-refractivity contribution is 5.98. The molecule has 2 N–H and O–H groups in total. The van der Waals surface area contributed by atoms with Crippen LogP contribution >= 0.6 is 0 Å². The minimum absolute atomic E-state index is 0.00318. The zero-order valence-corrected chi connectivity index (χ0v) is 15.2. The van der Waals surface area contributed by atoms with E-state index >= 15 is 0 Å². The van der Waals surface area contributed by atoms with Gasteiger partial charge in [-0.1, -0.05) is 11.1 Å². The number of hydrogen-bond donors (Lipinski definition) is 2. The second kappa shape index (κ2) is 5.87. The highest BCUT2D eigenvalue weighted by atomic mass is 16.5. The van der Waals surface area contributed by atoms with E-state index in [0.717, 1.165) is 35.1 Å². The van der Waals surface area contributed by atoms with Crippen LogP contribution in [-0.2, 0) is 11.2 Å². The summed E-state index contributed by atoms with van der Waals surface area (Å²) >= 11 is 0. The van der Waals surface area contributed by atoms with E-state index in [1.54, 1.807) is 7.05 Å². The molecule has 1 aromatic heterocycles. The van der Waals surface area contributed by atoms with Crippen LogP contribution in [-0.4, -0.2) is 34.5 Å². The monoisotopic (exact) mass is 350 g/mol. The van der Waals surface area contributed by atoms with Gasteiger partial charge in [0.1, 0.15) is 0 Å². The van der Waals surface area contributed by atoms with Gasteiger partial charge in [0.05, 0.1) is 12.1 Å². The molecule has 1 aliphatic heterocycles. The largest absolute Gasteiger partial charge is 0.356 e. The van der Waals surface area contributed by atoms with E-state index in [4.69, 9.17) is 9.93 Å². The van der Waals surface area contributed by atoms with Gasteiger partial charge < -0.3 is 9.84 Å². The Kier molecular flexibility index (Phi) is 3.76. The summed E-state index contributed by atoms with van der Waals surface area (Å²) in [4.78, 5) is 13.5. The van der Waals surface area contributed by atoms with E-state index in [-0.39, 0.29) is 17.4 Å². The van der Waals surface area contributed by atoms with Crippen LogP contribution in [0.3, 0.4) is 0 Å². The topological polar surface area (TPSA) is 82.2 Å². The molecule has 134 valence electrons. The van der Waals surface area contributed by atoms with Crippen molar-refractivity contribution < 1.29 is 9.32 Å². The molecule has 2 heterocycles. The number of nitrogens with zero attached hydrogens (tertiary/aromatic N) is 2. The molecule has 1 aliphatic carbocycles. The molecular weight excluding hydrogens is 328 g/mol. The van der Waals surface area contributed by atoms with Crippen LogP contribution < -0.4 is 5.32 Å². The first-order valence-electron chi connectivity index (χ1n) is 8.85. The molecule has 0 radical (unpaired) electrons. The summed E-state index contributed by atoms with van der Waals surface area (Å²) in [5.74, 6) is 6.96. The molecule has 3 atom stereocenters. The van der Waals surface area contributed by atoms with Gasteiger partial charge in [-0.2, -0.15) is 0 Å². The molecule has 1 saturated heterocycles. The summed E-state index contributed by atoms with van der Waals surface area (Å²) in [5, 5.41) is 16.5. The zero-order valence-electron chi connectivity index (χ0n) is 15.2. The molecule has 1 aromatic carbocycles. The van der Waals surface area contributed by atoms with Gasteiger partial charge in [0.25, 0.3) is 0 Å². The molecule has 2 fully saturated rings. The van der Waals surface area contributed by atoms with Crippen LogP contribution in [0.15, 0.2) is 22.7 Å². The van der Waals surface area contributed by atoms with Crippen molar-refractivity contribution in [3.05, 3.63) is 29.5 Å².